The van der Waals surface area contributed by atoms with E-state index >= 15 is 0 Å². The summed E-state index contributed by atoms with van der Waals surface area (Å²) >= 11 is 0. The summed E-state index contributed by atoms with van der Waals surface area (Å²) in [5, 5.41) is 9.96. The van der Waals surface area contributed by atoms with Crippen molar-refractivity contribution in [2.45, 2.75) is 18.6 Å². The molecule has 0 spiro atoms. The van der Waals surface area contributed by atoms with Crippen molar-refractivity contribution < 1.29 is 27.9 Å². The smallest absolute Gasteiger partial charge is 0.409 e. The van der Waals surface area contributed by atoms with Crippen molar-refractivity contribution in [2.75, 3.05) is 0 Å². The van der Waals surface area contributed by atoms with Crippen molar-refractivity contribution in [3.05, 3.63) is 18.2 Å². The van der Waals surface area contributed by atoms with Crippen LogP contribution in [0.15, 0.2) is 12.5 Å². The minimum atomic E-state index is -4.83. The van der Waals surface area contributed by atoms with Crippen molar-refractivity contribution in [1.29, 1.82) is 0 Å². The van der Waals surface area contributed by atoms with Crippen LogP contribution in [-0.4, -0.2) is 38.8 Å². The predicted octanol–water partition coefficient (Wildman–Crippen LogP) is 0.555. The van der Waals surface area contributed by atoms with Gasteiger partial charge in [-0.05, 0) is 0 Å². The van der Waals surface area contributed by atoms with Gasteiger partial charge in [-0.2, -0.15) is 13.2 Å². The van der Waals surface area contributed by atoms with Gasteiger partial charge in [0.1, 0.15) is 11.7 Å². The molecule has 1 heterocycles. The number of hydrogen-bond donors (Lipinski definition) is 2. The lowest BCUT2D eigenvalue weighted by Gasteiger charge is -2.19. The average Bonchev–Trinajstić information content (AvgIpc) is 2.61. The first-order valence-corrected chi connectivity index (χ1v) is 4.77. The number of aromatic nitrogens is 2. The van der Waals surface area contributed by atoms with Crippen LogP contribution in [-0.2, 0) is 11.8 Å². The first kappa shape index (κ1) is 14.0. The number of nitrogens with zero attached hydrogens (tertiary/aromatic N) is 2. The van der Waals surface area contributed by atoms with Gasteiger partial charge in [-0.25, -0.2) is 4.98 Å². The molecule has 1 amide bonds. The van der Waals surface area contributed by atoms with Gasteiger partial charge in [0.05, 0.1) is 12.7 Å². The van der Waals surface area contributed by atoms with E-state index in [1.165, 1.54) is 17.1 Å². The number of imidazole rings is 1. The number of rotatable bonds is 4. The lowest BCUT2D eigenvalue weighted by atomic mass is 10.2. The Kier molecular flexibility index (Phi) is 3.94. The van der Waals surface area contributed by atoms with E-state index in [1.807, 2.05) is 0 Å². The fraction of sp³-hybridized carbons (Fsp3) is 0.444. The van der Waals surface area contributed by atoms with Gasteiger partial charge in [0.15, 0.2) is 0 Å². The van der Waals surface area contributed by atoms with E-state index < -0.39 is 30.5 Å². The number of hydrogen-bond acceptors (Lipinski definition) is 3. The van der Waals surface area contributed by atoms with Gasteiger partial charge in [0.25, 0.3) is 5.91 Å². The highest BCUT2D eigenvalue weighted by Crippen LogP contribution is 2.22. The molecule has 100 valence electrons. The zero-order valence-corrected chi connectivity index (χ0v) is 9.23. The van der Waals surface area contributed by atoms with Gasteiger partial charge < -0.3 is 15.0 Å². The molecule has 2 N–H and O–H groups in total. The van der Waals surface area contributed by atoms with Crippen LogP contribution in [0, 0.1) is 0 Å². The molecule has 0 fully saturated rings. The molecule has 9 heteroatoms. The zero-order valence-electron chi connectivity index (χ0n) is 9.23. The van der Waals surface area contributed by atoms with E-state index in [0.29, 0.717) is 0 Å². The summed E-state index contributed by atoms with van der Waals surface area (Å²) in [6.45, 7) is 0. The molecule has 1 unspecified atom stereocenters. The van der Waals surface area contributed by atoms with Crippen LogP contribution >= 0.6 is 0 Å². The third-order valence-electron chi connectivity index (χ3n) is 2.02. The summed E-state index contributed by atoms with van der Waals surface area (Å²) in [6.07, 6.45) is -3.59. The zero-order chi connectivity index (χ0) is 13.9. The van der Waals surface area contributed by atoms with Gasteiger partial charge in [-0.3, -0.25) is 9.59 Å². The highest BCUT2D eigenvalue weighted by molar-refractivity contribution is 5.92. The number of aliphatic carboxylic acids is 1. The molecular formula is C9H10F3N3O3. The van der Waals surface area contributed by atoms with Crippen molar-refractivity contribution >= 4 is 11.9 Å². The van der Waals surface area contributed by atoms with E-state index in [4.69, 9.17) is 5.11 Å². The van der Waals surface area contributed by atoms with E-state index in [9.17, 15) is 22.8 Å². The maximum Gasteiger partial charge on any atom is 0.409 e. The first-order chi connectivity index (χ1) is 8.20. The molecule has 18 heavy (non-hydrogen) atoms. The summed E-state index contributed by atoms with van der Waals surface area (Å²) < 4.78 is 38.8. The molecule has 6 nitrogen and oxygen atoms in total. The van der Waals surface area contributed by atoms with Gasteiger partial charge in [0, 0.05) is 13.2 Å². The van der Waals surface area contributed by atoms with Crippen LogP contribution in [0.5, 0.6) is 0 Å². The first-order valence-electron chi connectivity index (χ1n) is 4.77. The Hall–Kier alpha value is -2.06. The molecule has 0 bridgehead atoms. The second-order valence-corrected chi connectivity index (χ2v) is 3.59. The topological polar surface area (TPSA) is 84.2 Å². The predicted molar refractivity (Wildman–Crippen MR) is 52.8 cm³/mol. The maximum atomic E-state index is 12.5. The van der Waals surface area contributed by atoms with Crippen LogP contribution in [0.25, 0.3) is 0 Å². The third kappa shape index (κ3) is 3.75. The molecule has 1 rings (SSSR count). The van der Waals surface area contributed by atoms with Crippen molar-refractivity contribution in [3.8, 4) is 0 Å². The maximum absolute atomic E-state index is 12.5. The largest absolute Gasteiger partial charge is 0.481 e. The Morgan fingerprint density at radius 2 is 2.17 bits per heavy atom. The van der Waals surface area contributed by atoms with Gasteiger partial charge in [0.2, 0.25) is 0 Å². The van der Waals surface area contributed by atoms with Crippen LogP contribution in [0.2, 0.25) is 0 Å². The third-order valence-corrected chi connectivity index (χ3v) is 2.02. The summed E-state index contributed by atoms with van der Waals surface area (Å²) in [5.74, 6) is -2.72. The Morgan fingerprint density at radius 3 is 2.56 bits per heavy atom. The molecule has 0 aliphatic heterocycles. The number of carbonyl (C=O) groups excluding carboxylic acids is 1. The molecular weight excluding hydrogens is 255 g/mol. The summed E-state index contributed by atoms with van der Waals surface area (Å²) in [5.41, 5.74) is -0.211. The van der Waals surface area contributed by atoms with Gasteiger partial charge >= 0.3 is 12.1 Å². The second kappa shape index (κ2) is 5.07. The highest BCUT2D eigenvalue weighted by Gasteiger charge is 2.42. The Balaban J connectivity index is 2.78. The minimum Gasteiger partial charge on any atom is -0.481 e. The standard InChI is InChI=1S/C9H10F3N3O3/c1-15-3-5(13-4-15)8(18)14-6(2-7(16)17)9(10,11)12/h3-4,6H,2H2,1H3,(H,14,18)(H,16,17). The number of carboxylic acids is 1. The molecule has 0 radical (unpaired) electrons. The Labute approximate surface area is 99.4 Å². The van der Waals surface area contributed by atoms with Crippen LogP contribution in [0.4, 0.5) is 13.2 Å². The normalized spacial score (nSPS) is 13.1. The van der Waals surface area contributed by atoms with Crippen molar-refractivity contribution in [2.24, 2.45) is 7.05 Å². The number of carbonyl (C=O) groups is 2. The average molecular weight is 265 g/mol. The molecule has 1 aromatic rings. The number of alkyl halides is 3. The van der Waals surface area contributed by atoms with E-state index in [2.05, 4.69) is 4.98 Å². The molecule has 1 atom stereocenters. The summed E-state index contributed by atoms with van der Waals surface area (Å²) in [6, 6.07) is -2.44. The quantitative estimate of drug-likeness (QED) is 0.832. The lowest BCUT2D eigenvalue weighted by Crippen LogP contribution is -2.46. The van der Waals surface area contributed by atoms with Crippen molar-refractivity contribution in [1.82, 2.24) is 14.9 Å². The van der Waals surface area contributed by atoms with Crippen LogP contribution in [0.1, 0.15) is 16.9 Å². The Bertz CT molecular complexity index is 455. The van der Waals surface area contributed by atoms with E-state index in [1.54, 1.807) is 12.4 Å². The van der Waals surface area contributed by atoms with Gasteiger partial charge in [-0.15, -0.1) is 0 Å². The summed E-state index contributed by atoms with van der Waals surface area (Å²) in [7, 11) is 1.54. The number of carboxylic acid groups (broad SMARTS) is 1. The van der Waals surface area contributed by atoms with E-state index in [-0.39, 0.29) is 5.69 Å². The number of halogens is 3. The molecule has 0 saturated carbocycles. The SMILES string of the molecule is Cn1cnc(C(=O)NC(CC(=O)O)C(F)(F)F)c1. The number of nitrogens with one attached hydrogen (secondary N) is 1. The number of aryl methyl sites for hydroxylation is 1. The Morgan fingerprint density at radius 1 is 1.56 bits per heavy atom. The molecule has 0 aliphatic rings. The monoisotopic (exact) mass is 265 g/mol. The molecule has 1 aromatic heterocycles. The lowest BCUT2D eigenvalue weighted by molar-refractivity contribution is -0.165. The van der Waals surface area contributed by atoms with E-state index in [0.717, 1.165) is 0 Å². The summed E-state index contributed by atoms with van der Waals surface area (Å²) in [4.78, 5) is 25.3. The second-order valence-electron chi connectivity index (χ2n) is 3.59. The molecule has 0 aliphatic carbocycles. The highest BCUT2D eigenvalue weighted by atomic mass is 19.4. The fourth-order valence-electron chi connectivity index (χ4n) is 1.19. The molecule has 0 aromatic carbocycles. The van der Waals surface area contributed by atoms with Crippen molar-refractivity contribution in [3.63, 3.8) is 0 Å². The molecule has 0 saturated heterocycles. The van der Waals surface area contributed by atoms with Crippen LogP contribution < -0.4 is 5.32 Å². The van der Waals surface area contributed by atoms with Gasteiger partial charge in [-0.1, -0.05) is 0 Å². The minimum absolute atomic E-state index is 0.211. The fourth-order valence-corrected chi connectivity index (χ4v) is 1.19. The number of amides is 1. The van der Waals surface area contributed by atoms with Crippen LogP contribution in [0.3, 0.4) is 0 Å².